The molecule has 21 heavy (non-hydrogen) atoms. The van der Waals surface area contributed by atoms with Crippen LogP contribution in [-0.2, 0) is 9.47 Å². The monoisotopic (exact) mass is 315 g/mol. The summed E-state index contributed by atoms with van der Waals surface area (Å²) in [6, 6.07) is 0. The van der Waals surface area contributed by atoms with Gasteiger partial charge >= 0.3 is 0 Å². The topological polar surface area (TPSA) is 50.7 Å². The smallest absolute Gasteiger partial charge is 0.200 e. The molecule has 0 aliphatic heterocycles. The summed E-state index contributed by atoms with van der Waals surface area (Å²) >= 11 is 0. The standard InChI is InChI=1S/C12H14F5NO3/c1-20-2-3-21-5-6(19)4-18-12-10(16)8(14)7(13)9(15)11(12)17/h6,18-19H,2-5H2,1H3. The molecule has 1 aromatic rings. The normalized spacial score (nSPS) is 12.5. The fraction of sp³-hybridized carbons (Fsp3) is 0.500. The van der Waals surface area contributed by atoms with Gasteiger partial charge in [0.2, 0.25) is 5.82 Å². The summed E-state index contributed by atoms with van der Waals surface area (Å²) in [5, 5.41) is 11.4. The number of anilines is 1. The Bertz CT molecular complexity index is 457. The van der Waals surface area contributed by atoms with E-state index in [2.05, 4.69) is 4.74 Å². The van der Waals surface area contributed by atoms with Gasteiger partial charge in [-0.15, -0.1) is 0 Å². The third-order valence-corrected chi connectivity index (χ3v) is 2.47. The molecule has 0 aromatic heterocycles. The van der Waals surface area contributed by atoms with E-state index in [-0.39, 0.29) is 19.8 Å². The minimum absolute atomic E-state index is 0.189. The molecular weight excluding hydrogens is 301 g/mol. The summed E-state index contributed by atoms with van der Waals surface area (Å²) in [6.45, 7) is -0.162. The van der Waals surface area contributed by atoms with Crippen LogP contribution in [0.4, 0.5) is 27.6 Å². The van der Waals surface area contributed by atoms with Crippen molar-refractivity contribution in [1.82, 2.24) is 0 Å². The Morgan fingerprint density at radius 1 is 0.952 bits per heavy atom. The fourth-order valence-corrected chi connectivity index (χ4v) is 1.40. The summed E-state index contributed by atoms with van der Waals surface area (Å²) in [6.07, 6.45) is -1.20. The van der Waals surface area contributed by atoms with E-state index in [0.29, 0.717) is 0 Å². The molecule has 0 spiro atoms. The first-order valence-electron chi connectivity index (χ1n) is 5.90. The molecule has 1 atom stereocenters. The molecule has 0 saturated heterocycles. The molecule has 0 amide bonds. The van der Waals surface area contributed by atoms with E-state index in [0.717, 1.165) is 0 Å². The highest BCUT2D eigenvalue weighted by molar-refractivity contribution is 5.47. The number of hydrogen-bond acceptors (Lipinski definition) is 4. The molecule has 120 valence electrons. The average Bonchev–Trinajstić information content (AvgIpc) is 2.47. The Morgan fingerprint density at radius 3 is 2.00 bits per heavy atom. The van der Waals surface area contributed by atoms with Crippen LogP contribution in [0.3, 0.4) is 0 Å². The second-order valence-electron chi connectivity index (χ2n) is 4.05. The zero-order chi connectivity index (χ0) is 16.0. The van der Waals surface area contributed by atoms with Gasteiger partial charge in [-0.2, -0.15) is 0 Å². The average molecular weight is 315 g/mol. The van der Waals surface area contributed by atoms with Gasteiger partial charge in [-0.25, -0.2) is 22.0 Å². The molecule has 0 saturated carbocycles. The van der Waals surface area contributed by atoms with Gasteiger partial charge in [-0.1, -0.05) is 0 Å². The number of methoxy groups -OCH3 is 1. The number of rotatable bonds is 8. The zero-order valence-electron chi connectivity index (χ0n) is 11.1. The molecule has 4 nitrogen and oxygen atoms in total. The van der Waals surface area contributed by atoms with Crippen LogP contribution in [0.25, 0.3) is 0 Å². The van der Waals surface area contributed by atoms with Crippen molar-refractivity contribution in [2.75, 3.05) is 38.8 Å². The molecule has 1 unspecified atom stereocenters. The number of aliphatic hydroxyl groups is 1. The maximum Gasteiger partial charge on any atom is 0.200 e. The Labute approximate surface area is 117 Å². The summed E-state index contributed by atoms with van der Waals surface area (Å²) in [5.41, 5.74) is -1.19. The van der Waals surface area contributed by atoms with Crippen molar-refractivity contribution in [2.24, 2.45) is 0 Å². The summed E-state index contributed by atoms with van der Waals surface area (Å²) in [5.74, 6) is -10.3. The third kappa shape index (κ3) is 4.51. The molecule has 1 aromatic carbocycles. The lowest BCUT2D eigenvalue weighted by Gasteiger charge is -2.15. The first-order chi connectivity index (χ1) is 9.90. The SMILES string of the molecule is COCCOCC(O)CNc1c(F)c(F)c(F)c(F)c1F. The molecule has 0 heterocycles. The number of hydrogen-bond donors (Lipinski definition) is 2. The van der Waals surface area contributed by atoms with Crippen LogP contribution >= 0.6 is 0 Å². The van der Waals surface area contributed by atoms with E-state index in [9.17, 15) is 27.1 Å². The van der Waals surface area contributed by atoms with Crippen molar-refractivity contribution in [3.05, 3.63) is 29.1 Å². The van der Waals surface area contributed by atoms with Gasteiger partial charge in [0.1, 0.15) is 5.69 Å². The Balaban J connectivity index is 2.63. The predicted octanol–water partition coefficient (Wildman–Crippen LogP) is 1.82. The van der Waals surface area contributed by atoms with Crippen LogP contribution in [0.2, 0.25) is 0 Å². The van der Waals surface area contributed by atoms with Gasteiger partial charge in [0.15, 0.2) is 23.3 Å². The molecule has 0 bridgehead atoms. The van der Waals surface area contributed by atoms with Crippen LogP contribution < -0.4 is 5.32 Å². The van der Waals surface area contributed by atoms with E-state index in [4.69, 9.17) is 4.74 Å². The van der Waals surface area contributed by atoms with E-state index in [1.54, 1.807) is 0 Å². The van der Waals surface area contributed by atoms with E-state index in [1.807, 2.05) is 5.32 Å². The van der Waals surface area contributed by atoms with Crippen LogP contribution in [0.5, 0.6) is 0 Å². The van der Waals surface area contributed by atoms with Crippen molar-refractivity contribution >= 4 is 5.69 Å². The summed E-state index contributed by atoms with van der Waals surface area (Å²) in [4.78, 5) is 0. The molecule has 0 aliphatic carbocycles. The lowest BCUT2D eigenvalue weighted by molar-refractivity contribution is 0.0181. The fourth-order valence-electron chi connectivity index (χ4n) is 1.40. The van der Waals surface area contributed by atoms with Gasteiger partial charge in [0, 0.05) is 13.7 Å². The minimum Gasteiger partial charge on any atom is -0.389 e. The molecule has 1 rings (SSSR count). The maximum atomic E-state index is 13.3. The molecular formula is C12H14F5NO3. The molecule has 0 fully saturated rings. The van der Waals surface area contributed by atoms with Crippen molar-refractivity contribution < 1.29 is 36.5 Å². The summed E-state index contributed by atoms with van der Waals surface area (Å²) < 4.78 is 74.8. The zero-order valence-corrected chi connectivity index (χ0v) is 11.1. The highest BCUT2D eigenvalue weighted by Crippen LogP contribution is 2.26. The third-order valence-electron chi connectivity index (χ3n) is 2.47. The second-order valence-corrected chi connectivity index (χ2v) is 4.05. The predicted molar refractivity (Wildman–Crippen MR) is 63.4 cm³/mol. The van der Waals surface area contributed by atoms with Gasteiger partial charge in [-0.05, 0) is 0 Å². The molecule has 0 aliphatic rings. The Hall–Kier alpha value is -1.45. The van der Waals surface area contributed by atoms with Gasteiger partial charge in [-0.3, -0.25) is 0 Å². The highest BCUT2D eigenvalue weighted by Gasteiger charge is 2.25. The van der Waals surface area contributed by atoms with Gasteiger partial charge < -0.3 is 19.9 Å². The number of ether oxygens (including phenoxy) is 2. The second kappa shape index (κ2) is 8.11. The van der Waals surface area contributed by atoms with Crippen LogP contribution in [0.15, 0.2) is 0 Å². The number of benzene rings is 1. The van der Waals surface area contributed by atoms with Crippen molar-refractivity contribution in [3.63, 3.8) is 0 Å². The lowest BCUT2D eigenvalue weighted by atomic mass is 10.2. The van der Waals surface area contributed by atoms with E-state index < -0.39 is 47.4 Å². The first kappa shape index (κ1) is 17.6. The summed E-state index contributed by atoms with van der Waals surface area (Å²) in [7, 11) is 1.45. The minimum atomic E-state index is -2.24. The van der Waals surface area contributed by atoms with Crippen LogP contribution in [0.1, 0.15) is 0 Å². The number of nitrogens with one attached hydrogen (secondary N) is 1. The lowest BCUT2D eigenvalue weighted by Crippen LogP contribution is -2.26. The number of halogens is 5. The van der Waals surface area contributed by atoms with Gasteiger partial charge in [0.05, 0.1) is 25.9 Å². The molecule has 0 radical (unpaired) electrons. The number of aliphatic hydroxyl groups excluding tert-OH is 1. The van der Waals surface area contributed by atoms with E-state index in [1.165, 1.54) is 7.11 Å². The highest BCUT2D eigenvalue weighted by atomic mass is 19.2. The van der Waals surface area contributed by atoms with Gasteiger partial charge in [0.25, 0.3) is 0 Å². The quantitative estimate of drug-likeness (QED) is 0.332. The Morgan fingerprint density at radius 2 is 1.48 bits per heavy atom. The van der Waals surface area contributed by atoms with Crippen molar-refractivity contribution in [3.8, 4) is 0 Å². The molecule has 2 N–H and O–H groups in total. The van der Waals surface area contributed by atoms with Crippen LogP contribution in [0, 0.1) is 29.1 Å². The van der Waals surface area contributed by atoms with Crippen molar-refractivity contribution in [1.29, 1.82) is 0 Å². The largest absolute Gasteiger partial charge is 0.389 e. The maximum absolute atomic E-state index is 13.3. The first-order valence-corrected chi connectivity index (χ1v) is 5.90. The van der Waals surface area contributed by atoms with Crippen LogP contribution in [-0.4, -0.2) is 44.7 Å². The molecule has 9 heteroatoms. The van der Waals surface area contributed by atoms with E-state index >= 15 is 0 Å². The van der Waals surface area contributed by atoms with Crippen molar-refractivity contribution in [2.45, 2.75) is 6.10 Å². The Kier molecular flexibility index (Phi) is 6.79.